The van der Waals surface area contributed by atoms with E-state index in [9.17, 15) is 9.18 Å². The van der Waals surface area contributed by atoms with Crippen LogP contribution in [0.15, 0.2) is 53.1 Å². The molecule has 2 heterocycles. The summed E-state index contributed by atoms with van der Waals surface area (Å²) in [7, 11) is 0. The molecule has 0 radical (unpaired) electrons. The molecule has 0 N–H and O–H groups in total. The zero-order valence-corrected chi connectivity index (χ0v) is 16.2. The number of hydrogen-bond donors (Lipinski definition) is 0. The van der Waals surface area contributed by atoms with Gasteiger partial charge >= 0.3 is 0 Å². The van der Waals surface area contributed by atoms with Crippen LogP contribution in [0.2, 0.25) is 0 Å². The number of nitrogens with zero attached hydrogens (tertiary/aromatic N) is 3. The largest absolute Gasteiger partial charge is 0.494 e. The van der Waals surface area contributed by atoms with E-state index in [1.165, 1.54) is 12.1 Å². The molecule has 0 bridgehead atoms. The number of halogens is 1. The normalized spacial score (nSPS) is 16.4. The van der Waals surface area contributed by atoms with E-state index in [1.54, 1.807) is 17.0 Å². The highest BCUT2D eigenvalue weighted by Crippen LogP contribution is 2.34. The van der Waals surface area contributed by atoms with E-state index in [0.29, 0.717) is 37.7 Å². The van der Waals surface area contributed by atoms with Gasteiger partial charge in [0.15, 0.2) is 0 Å². The SMILES string of the molecule is CCCOc1ccc(-c2noc(C3CCC(=O)N3Cc3cccc(F)c3)n2)cc1. The molecule has 0 saturated carbocycles. The van der Waals surface area contributed by atoms with Crippen LogP contribution in [0.5, 0.6) is 5.75 Å². The molecule has 1 aliphatic heterocycles. The summed E-state index contributed by atoms with van der Waals surface area (Å²) in [5, 5.41) is 4.08. The molecule has 150 valence electrons. The van der Waals surface area contributed by atoms with Crippen LogP contribution in [0, 0.1) is 5.82 Å². The predicted octanol–water partition coefficient (Wildman–Crippen LogP) is 4.53. The summed E-state index contributed by atoms with van der Waals surface area (Å²) in [5.41, 5.74) is 1.54. The van der Waals surface area contributed by atoms with Gasteiger partial charge in [0, 0.05) is 18.5 Å². The smallest absolute Gasteiger partial charge is 0.249 e. The Bertz CT molecular complexity index is 987. The number of likely N-dealkylation sites (tertiary alicyclic amines) is 1. The molecular weight excluding hydrogens is 373 g/mol. The zero-order valence-electron chi connectivity index (χ0n) is 16.2. The lowest BCUT2D eigenvalue weighted by Gasteiger charge is -2.22. The molecule has 1 aliphatic rings. The second-order valence-corrected chi connectivity index (χ2v) is 7.04. The molecule has 1 amide bonds. The quantitative estimate of drug-likeness (QED) is 0.588. The Labute approximate surface area is 168 Å². The van der Waals surface area contributed by atoms with Crippen molar-refractivity contribution in [2.24, 2.45) is 0 Å². The van der Waals surface area contributed by atoms with E-state index >= 15 is 0 Å². The summed E-state index contributed by atoms with van der Waals surface area (Å²) >= 11 is 0. The van der Waals surface area contributed by atoms with Crippen molar-refractivity contribution in [2.45, 2.75) is 38.8 Å². The number of carbonyl (C=O) groups is 1. The van der Waals surface area contributed by atoms with Crippen LogP contribution >= 0.6 is 0 Å². The molecule has 7 heteroatoms. The van der Waals surface area contributed by atoms with E-state index in [-0.39, 0.29) is 17.8 Å². The minimum atomic E-state index is -0.322. The highest BCUT2D eigenvalue weighted by atomic mass is 19.1. The Morgan fingerprint density at radius 1 is 1.24 bits per heavy atom. The predicted molar refractivity (Wildman–Crippen MR) is 104 cm³/mol. The van der Waals surface area contributed by atoms with Crippen molar-refractivity contribution in [3.8, 4) is 17.1 Å². The van der Waals surface area contributed by atoms with Crippen molar-refractivity contribution in [1.29, 1.82) is 0 Å². The summed E-state index contributed by atoms with van der Waals surface area (Å²) in [5.74, 6) is 1.33. The fourth-order valence-electron chi connectivity index (χ4n) is 3.43. The number of hydrogen-bond acceptors (Lipinski definition) is 5. The third-order valence-electron chi connectivity index (χ3n) is 4.88. The molecule has 2 aromatic carbocycles. The molecule has 6 nitrogen and oxygen atoms in total. The molecule has 3 aromatic rings. The first-order valence-electron chi connectivity index (χ1n) is 9.75. The topological polar surface area (TPSA) is 68.5 Å². The maximum Gasteiger partial charge on any atom is 0.249 e. The van der Waals surface area contributed by atoms with E-state index in [2.05, 4.69) is 17.1 Å². The molecule has 1 aromatic heterocycles. The maximum atomic E-state index is 13.5. The Hall–Kier alpha value is -3.22. The van der Waals surface area contributed by atoms with Gasteiger partial charge in [0.2, 0.25) is 17.6 Å². The van der Waals surface area contributed by atoms with Gasteiger partial charge in [-0.1, -0.05) is 24.2 Å². The van der Waals surface area contributed by atoms with E-state index in [0.717, 1.165) is 23.3 Å². The van der Waals surface area contributed by atoms with E-state index in [4.69, 9.17) is 9.26 Å². The molecule has 4 rings (SSSR count). The van der Waals surface area contributed by atoms with Crippen molar-refractivity contribution < 1.29 is 18.4 Å². The van der Waals surface area contributed by atoms with Gasteiger partial charge in [0.1, 0.15) is 17.6 Å². The summed E-state index contributed by atoms with van der Waals surface area (Å²) in [6.07, 6.45) is 1.95. The number of benzene rings is 2. The first-order chi connectivity index (χ1) is 14.1. The van der Waals surface area contributed by atoms with Crippen LogP contribution in [-0.2, 0) is 11.3 Å². The number of aromatic nitrogens is 2. The van der Waals surface area contributed by atoms with Gasteiger partial charge in [-0.3, -0.25) is 4.79 Å². The standard InChI is InChI=1S/C22H22FN3O3/c1-2-12-28-18-8-6-16(7-9-18)21-24-22(29-25-21)19-10-11-20(27)26(19)14-15-4-3-5-17(23)13-15/h3-9,13,19H,2,10-12,14H2,1H3. The molecular formula is C22H22FN3O3. The fourth-order valence-corrected chi connectivity index (χ4v) is 3.43. The van der Waals surface area contributed by atoms with Crippen LogP contribution in [0.25, 0.3) is 11.4 Å². The lowest BCUT2D eigenvalue weighted by Crippen LogP contribution is -2.27. The van der Waals surface area contributed by atoms with Gasteiger partial charge in [-0.2, -0.15) is 4.98 Å². The highest BCUT2D eigenvalue weighted by molar-refractivity contribution is 5.78. The summed E-state index contributed by atoms with van der Waals surface area (Å²) in [4.78, 5) is 18.6. The molecule has 29 heavy (non-hydrogen) atoms. The zero-order chi connectivity index (χ0) is 20.2. The van der Waals surface area contributed by atoms with Gasteiger partial charge in [0.25, 0.3) is 0 Å². The number of ether oxygens (including phenoxy) is 1. The third-order valence-corrected chi connectivity index (χ3v) is 4.88. The molecule has 0 aliphatic carbocycles. The lowest BCUT2D eigenvalue weighted by molar-refractivity contribution is -0.130. The van der Waals surface area contributed by atoms with E-state index in [1.807, 2.05) is 24.3 Å². The van der Waals surface area contributed by atoms with Crippen molar-refractivity contribution in [3.63, 3.8) is 0 Å². The highest BCUT2D eigenvalue weighted by Gasteiger charge is 2.36. The Kier molecular flexibility index (Phi) is 5.55. The first kappa shape index (κ1) is 19.1. The van der Waals surface area contributed by atoms with Gasteiger partial charge in [-0.05, 0) is 54.8 Å². The first-order valence-corrected chi connectivity index (χ1v) is 9.75. The van der Waals surface area contributed by atoms with Crippen molar-refractivity contribution in [3.05, 3.63) is 65.8 Å². The van der Waals surface area contributed by atoms with Crippen LogP contribution < -0.4 is 4.74 Å². The summed E-state index contributed by atoms with van der Waals surface area (Å²) < 4.78 is 24.6. The average molecular weight is 395 g/mol. The van der Waals surface area contributed by atoms with Gasteiger partial charge < -0.3 is 14.2 Å². The van der Waals surface area contributed by atoms with Crippen LogP contribution in [0.4, 0.5) is 4.39 Å². The van der Waals surface area contributed by atoms with Crippen LogP contribution in [-0.4, -0.2) is 27.6 Å². The van der Waals surface area contributed by atoms with Crippen molar-refractivity contribution >= 4 is 5.91 Å². The van der Waals surface area contributed by atoms with Gasteiger partial charge in [0.05, 0.1) is 6.61 Å². The Morgan fingerprint density at radius 2 is 2.07 bits per heavy atom. The second kappa shape index (κ2) is 8.43. The van der Waals surface area contributed by atoms with Crippen LogP contribution in [0.1, 0.15) is 43.7 Å². The van der Waals surface area contributed by atoms with Crippen molar-refractivity contribution in [1.82, 2.24) is 15.0 Å². The summed E-state index contributed by atoms with van der Waals surface area (Å²) in [6, 6.07) is 13.5. The van der Waals surface area contributed by atoms with E-state index < -0.39 is 0 Å². The molecule has 1 fully saturated rings. The monoisotopic (exact) mass is 395 g/mol. The minimum absolute atomic E-state index is 0.00330. The maximum absolute atomic E-state index is 13.5. The number of rotatable bonds is 7. The molecule has 1 saturated heterocycles. The summed E-state index contributed by atoms with van der Waals surface area (Å²) in [6.45, 7) is 3.03. The van der Waals surface area contributed by atoms with Gasteiger partial charge in [-0.15, -0.1) is 0 Å². The van der Waals surface area contributed by atoms with Gasteiger partial charge in [-0.25, -0.2) is 4.39 Å². The van der Waals surface area contributed by atoms with Crippen LogP contribution in [0.3, 0.4) is 0 Å². The average Bonchev–Trinajstić information content (AvgIpc) is 3.34. The molecule has 0 spiro atoms. The lowest BCUT2D eigenvalue weighted by atomic mass is 10.1. The fraction of sp³-hybridized carbons (Fsp3) is 0.318. The molecule has 1 unspecified atom stereocenters. The third kappa shape index (κ3) is 4.29. The minimum Gasteiger partial charge on any atom is -0.494 e. The number of amides is 1. The molecule has 1 atom stereocenters. The number of carbonyl (C=O) groups excluding carboxylic acids is 1. The Balaban J connectivity index is 1.51. The van der Waals surface area contributed by atoms with Crippen molar-refractivity contribution in [2.75, 3.05) is 6.61 Å². The second-order valence-electron chi connectivity index (χ2n) is 7.04. The Morgan fingerprint density at radius 3 is 2.83 bits per heavy atom.